The molecule has 1 fully saturated rings. The van der Waals surface area contributed by atoms with Crippen LogP contribution in [0.1, 0.15) is 19.3 Å². The van der Waals surface area contributed by atoms with Crippen molar-refractivity contribution in [3.05, 3.63) is 0 Å². The Labute approximate surface area is 119 Å². The van der Waals surface area contributed by atoms with Crippen molar-refractivity contribution in [1.29, 1.82) is 0 Å². The minimum atomic E-state index is 0.400. The molecule has 0 amide bonds. The number of hydrazine groups is 1. The van der Waals surface area contributed by atoms with Crippen LogP contribution in [0.4, 0.5) is 17.8 Å². The first kappa shape index (κ1) is 14.7. The van der Waals surface area contributed by atoms with E-state index in [1.807, 2.05) is 0 Å². The molecule has 0 aromatic carbocycles. The Bertz CT molecular complexity index is 416. The lowest BCUT2D eigenvalue weighted by Gasteiger charge is -2.16. The van der Waals surface area contributed by atoms with Gasteiger partial charge in [0.25, 0.3) is 0 Å². The monoisotopic (exact) mass is 280 g/mol. The third kappa shape index (κ3) is 4.17. The molecule has 8 heteroatoms. The number of rotatable bonds is 7. The van der Waals surface area contributed by atoms with E-state index in [0.717, 1.165) is 32.6 Å². The second-order valence-electron chi connectivity index (χ2n) is 5.20. The van der Waals surface area contributed by atoms with Gasteiger partial charge in [-0.05, 0) is 39.9 Å². The van der Waals surface area contributed by atoms with Gasteiger partial charge in [-0.15, -0.1) is 0 Å². The van der Waals surface area contributed by atoms with Gasteiger partial charge in [-0.1, -0.05) is 0 Å². The SMILES string of the molecule is CN(C)CCCNc1nc(NN)nc(N2CCCC2)n1. The summed E-state index contributed by atoms with van der Waals surface area (Å²) >= 11 is 0. The van der Waals surface area contributed by atoms with Gasteiger partial charge in [0.15, 0.2) is 0 Å². The van der Waals surface area contributed by atoms with E-state index < -0.39 is 0 Å². The van der Waals surface area contributed by atoms with E-state index in [1.165, 1.54) is 12.8 Å². The number of aromatic nitrogens is 3. The molecule has 0 bridgehead atoms. The number of hydrogen-bond donors (Lipinski definition) is 3. The molecule has 0 radical (unpaired) electrons. The van der Waals surface area contributed by atoms with E-state index in [-0.39, 0.29) is 0 Å². The molecule has 112 valence electrons. The maximum atomic E-state index is 5.43. The van der Waals surface area contributed by atoms with Crippen LogP contribution >= 0.6 is 0 Å². The first-order valence-electron chi connectivity index (χ1n) is 7.05. The Balaban J connectivity index is 1.98. The van der Waals surface area contributed by atoms with Crippen LogP contribution in [0.2, 0.25) is 0 Å². The highest BCUT2D eigenvalue weighted by Gasteiger charge is 2.17. The normalized spacial score (nSPS) is 14.9. The average molecular weight is 280 g/mol. The van der Waals surface area contributed by atoms with Gasteiger partial charge < -0.3 is 15.1 Å². The molecule has 2 rings (SSSR count). The van der Waals surface area contributed by atoms with Crippen LogP contribution in [-0.4, -0.2) is 60.1 Å². The van der Waals surface area contributed by atoms with E-state index >= 15 is 0 Å². The standard InChI is InChI=1S/C12H24N8/c1-19(2)7-5-6-14-10-15-11(18-13)17-12(16-10)20-8-3-4-9-20/h3-9,13H2,1-2H3,(H2,14,15,16,17,18). The Kier molecular flexibility index (Phi) is 5.31. The number of nitrogens with one attached hydrogen (secondary N) is 2. The highest BCUT2D eigenvalue weighted by molar-refractivity contribution is 5.43. The Hall–Kier alpha value is -1.67. The fourth-order valence-corrected chi connectivity index (χ4v) is 2.16. The van der Waals surface area contributed by atoms with Gasteiger partial charge in [0.2, 0.25) is 17.8 Å². The molecule has 0 spiro atoms. The van der Waals surface area contributed by atoms with Crippen LogP contribution in [0.15, 0.2) is 0 Å². The predicted molar refractivity (Wildman–Crippen MR) is 80.7 cm³/mol. The summed E-state index contributed by atoms with van der Waals surface area (Å²) in [5.41, 5.74) is 2.50. The van der Waals surface area contributed by atoms with E-state index in [9.17, 15) is 0 Å². The number of anilines is 3. The summed E-state index contributed by atoms with van der Waals surface area (Å²) < 4.78 is 0. The number of nitrogens with two attached hydrogens (primary N) is 1. The third-order valence-corrected chi connectivity index (χ3v) is 3.21. The van der Waals surface area contributed by atoms with Crippen molar-refractivity contribution in [2.75, 3.05) is 55.9 Å². The molecule has 20 heavy (non-hydrogen) atoms. The van der Waals surface area contributed by atoms with Gasteiger partial charge in [-0.2, -0.15) is 15.0 Å². The average Bonchev–Trinajstić information content (AvgIpc) is 2.97. The van der Waals surface area contributed by atoms with Crippen LogP contribution in [-0.2, 0) is 0 Å². The highest BCUT2D eigenvalue weighted by Crippen LogP contribution is 2.18. The maximum Gasteiger partial charge on any atom is 0.243 e. The lowest BCUT2D eigenvalue weighted by molar-refractivity contribution is 0.405. The minimum absolute atomic E-state index is 0.400. The zero-order valence-corrected chi connectivity index (χ0v) is 12.3. The largest absolute Gasteiger partial charge is 0.354 e. The van der Waals surface area contributed by atoms with E-state index in [4.69, 9.17) is 5.84 Å². The summed E-state index contributed by atoms with van der Waals surface area (Å²) in [5, 5.41) is 3.23. The molecule has 8 nitrogen and oxygen atoms in total. The second-order valence-corrected chi connectivity index (χ2v) is 5.20. The smallest absolute Gasteiger partial charge is 0.243 e. The summed E-state index contributed by atoms with van der Waals surface area (Å²) in [5.74, 6) is 7.10. The molecule has 0 unspecified atom stereocenters. The van der Waals surface area contributed by atoms with Crippen LogP contribution < -0.4 is 21.5 Å². The predicted octanol–water partition coefficient (Wildman–Crippen LogP) is 0.121. The van der Waals surface area contributed by atoms with Crippen molar-refractivity contribution in [1.82, 2.24) is 19.9 Å². The highest BCUT2D eigenvalue weighted by atomic mass is 15.4. The van der Waals surface area contributed by atoms with Crippen molar-refractivity contribution in [2.45, 2.75) is 19.3 Å². The van der Waals surface area contributed by atoms with Crippen molar-refractivity contribution < 1.29 is 0 Å². The van der Waals surface area contributed by atoms with Crippen molar-refractivity contribution >= 4 is 17.8 Å². The molecule has 1 aliphatic heterocycles. The summed E-state index contributed by atoms with van der Waals surface area (Å²) in [6, 6.07) is 0. The third-order valence-electron chi connectivity index (χ3n) is 3.21. The van der Waals surface area contributed by atoms with Gasteiger partial charge >= 0.3 is 0 Å². The van der Waals surface area contributed by atoms with Crippen molar-refractivity contribution in [3.8, 4) is 0 Å². The molecular formula is C12H24N8. The quantitative estimate of drug-likeness (QED) is 0.368. The molecular weight excluding hydrogens is 256 g/mol. The lowest BCUT2D eigenvalue weighted by Crippen LogP contribution is -2.23. The van der Waals surface area contributed by atoms with Crippen molar-refractivity contribution in [3.63, 3.8) is 0 Å². The minimum Gasteiger partial charge on any atom is -0.354 e. The Morgan fingerprint density at radius 2 is 1.85 bits per heavy atom. The maximum absolute atomic E-state index is 5.43. The zero-order chi connectivity index (χ0) is 14.4. The van der Waals surface area contributed by atoms with Gasteiger partial charge in [0.05, 0.1) is 0 Å². The molecule has 1 saturated heterocycles. The Morgan fingerprint density at radius 1 is 1.15 bits per heavy atom. The number of hydrogen-bond acceptors (Lipinski definition) is 8. The summed E-state index contributed by atoms with van der Waals surface area (Å²) in [6.07, 6.45) is 3.40. The molecule has 2 heterocycles. The van der Waals surface area contributed by atoms with Gasteiger partial charge in [0.1, 0.15) is 0 Å². The van der Waals surface area contributed by atoms with E-state index in [0.29, 0.717) is 17.8 Å². The first-order valence-corrected chi connectivity index (χ1v) is 7.05. The lowest BCUT2D eigenvalue weighted by atomic mass is 10.4. The summed E-state index contributed by atoms with van der Waals surface area (Å²) in [6.45, 7) is 3.84. The Morgan fingerprint density at radius 3 is 2.50 bits per heavy atom. The second kappa shape index (κ2) is 7.20. The van der Waals surface area contributed by atoms with Crippen LogP contribution in [0.3, 0.4) is 0 Å². The van der Waals surface area contributed by atoms with Gasteiger partial charge in [-0.25, -0.2) is 5.84 Å². The fourth-order valence-electron chi connectivity index (χ4n) is 2.16. The van der Waals surface area contributed by atoms with Crippen molar-refractivity contribution in [2.24, 2.45) is 5.84 Å². The molecule has 0 aliphatic carbocycles. The number of nitrogen functional groups attached to an aromatic ring is 1. The van der Waals surface area contributed by atoms with E-state index in [1.54, 1.807) is 0 Å². The molecule has 0 saturated carbocycles. The van der Waals surface area contributed by atoms with E-state index in [2.05, 4.69) is 49.6 Å². The topological polar surface area (TPSA) is 95.2 Å². The van der Waals surface area contributed by atoms with Gasteiger partial charge in [0, 0.05) is 19.6 Å². The molecule has 1 aromatic heterocycles. The molecule has 1 aliphatic rings. The number of nitrogens with zero attached hydrogens (tertiary/aromatic N) is 5. The molecule has 1 aromatic rings. The van der Waals surface area contributed by atoms with Crippen LogP contribution in [0, 0.1) is 0 Å². The first-order chi connectivity index (χ1) is 9.69. The summed E-state index contributed by atoms with van der Waals surface area (Å²) in [7, 11) is 4.12. The van der Waals surface area contributed by atoms with Crippen LogP contribution in [0.25, 0.3) is 0 Å². The van der Waals surface area contributed by atoms with Gasteiger partial charge in [-0.3, -0.25) is 5.43 Å². The molecule has 0 atom stereocenters. The fraction of sp³-hybridized carbons (Fsp3) is 0.750. The zero-order valence-electron chi connectivity index (χ0n) is 12.3. The van der Waals surface area contributed by atoms with Crippen LogP contribution in [0.5, 0.6) is 0 Å². The molecule has 4 N–H and O–H groups in total. The summed E-state index contributed by atoms with van der Waals surface area (Å²) in [4.78, 5) is 17.3.